The highest BCUT2D eigenvalue weighted by Gasteiger charge is 2.49. The van der Waals surface area contributed by atoms with Crippen molar-refractivity contribution < 1.29 is 22.6 Å². The van der Waals surface area contributed by atoms with Crippen LogP contribution in [0.2, 0.25) is 5.02 Å². The summed E-state index contributed by atoms with van der Waals surface area (Å²) in [5.74, 6) is -0.676. The largest absolute Gasteiger partial charge is 0.488 e. The number of likely N-dealkylation sites (N-methyl/N-ethyl adjacent to an activating group) is 1. The van der Waals surface area contributed by atoms with Crippen molar-refractivity contribution in [3.8, 4) is 29.0 Å². The predicted molar refractivity (Wildman–Crippen MR) is 176 cm³/mol. The molecule has 1 saturated carbocycles. The number of nitrogens with two attached hydrogens (primary N) is 1. The van der Waals surface area contributed by atoms with Gasteiger partial charge in [-0.25, -0.2) is 13.2 Å². The first-order valence-electron chi connectivity index (χ1n) is 16.0. The van der Waals surface area contributed by atoms with E-state index in [0.717, 1.165) is 43.6 Å². The van der Waals surface area contributed by atoms with Crippen LogP contribution in [0.25, 0.3) is 32.1 Å². The molecule has 2 aromatic carbocycles. The van der Waals surface area contributed by atoms with Gasteiger partial charge in [0.15, 0.2) is 11.6 Å². The highest BCUT2D eigenvalue weighted by molar-refractivity contribution is 7.23. The number of nitrogen functional groups attached to an aromatic ring is 1. The lowest BCUT2D eigenvalue weighted by Gasteiger charge is -2.34. The third kappa shape index (κ3) is 4.78. The summed E-state index contributed by atoms with van der Waals surface area (Å²) in [5.41, 5.74) is 5.77. The van der Waals surface area contributed by atoms with E-state index in [1.54, 1.807) is 0 Å². The Labute approximate surface area is 278 Å². The molecule has 9 nitrogen and oxygen atoms in total. The van der Waals surface area contributed by atoms with Crippen molar-refractivity contribution in [2.75, 3.05) is 50.5 Å². The fourth-order valence-electron chi connectivity index (χ4n) is 8.18. The maximum Gasteiger partial charge on any atom is 0.319 e. The molecule has 3 aliphatic heterocycles. The number of nitrogens with one attached hydrogen (secondary N) is 1. The standard InChI is InChI=1S/C33H33ClF3N7O2S/c1-40-8-10-44-17-3-4-18(11-17)46-28-24-27(41-32(42-31(24)44)45-15-33-7-2-9-43(33)14-16(35)12-33)26(37)23(25(28)34)19-5-6-21(36)29-22(19)20(13-38)30(39)47-29/h5-6,16-18,40H,2-4,7-12,14-15,39H2,1H3/t16-,17?,18?,33+/m1/s1. The molecule has 246 valence electrons. The topological polar surface area (TPSA) is 113 Å². The molecule has 0 radical (unpaired) electrons. The van der Waals surface area contributed by atoms with Gasteiger partial charge in [0.25, 0.3) is 0 Å². The summed E-state index contributed by atoms with van der Waals surface area (Å²) in [7, 11) is 1.87. The van der Waals surface area contributed by atoms with Gasteiger partial charge in [0, 0.05) is 49.5 Å². The van der Waals surface area contributed by atoms with Crippen LogP contribution in [-0.2, 0) is 0 Å². The average molecular weight is 684 g/mol. The first-order chi connectivity index (χ1) is 22.7. The lowest BCUT2D eigenvalue weighted by Crippen LogP contribution is -2.43. The molecule has 0 spiro atoms. The molecule has 3 fully saturated rings. The first kappa shape index (κ1) is 30.7. The third-order valence-corrected chi connectivity index (χ3v) is 11.7. The highest BCUT2D eigenvalue weighted by Crippen LogP contribution is 2.52. The van der Waals surface area contributed by atoms with Crippen LogP contribution in [0.5, 0.6) is 11.8 Å². The van der Waals surface area contributed by atoms with Gasteiger partial charge in [0.2, 0.25) is 0 Å². The Morgan fingerprint density at radius 1 is 1.28 bits per heavy atom. The van der Waals surface area contributed by atoms with E-state index in [1.165, 1.54) is 12.1 Å². The lowest BCUT2D eigenvalue weighted by atomic mass is 9.95. The van der Waals surface area contributed by atoms with E-state index in [-0.39, 0.29) is 72.8 Å². The van der Waals surface area contributed by atoms with Crippen LogP contribution in [0.4, 0.5) is 24.0 Å². The number of nitrogens with zero attached hydrogens (tertiary/aromatic N) is 5. The predicted octanol–water partition coefficient (Wildman–Crippen LogP) is 6.19. The smallest absolute Gasteiger partial charge is 0.319 e. The van der Waals surface area contributed by atoms with Crippen molar-refractivity contribution in [2.45, 2.75) is 62.4 Å². The number of rotatable bonds is 7. The second-order valence-electron chi connectivity index (χ2n) is 13.0. The summed E-state index contributed by atoms with van der Waals surface area (Å²) >= 11 is 8.05. The Morgan fingerprint density at radius 2 is 2.13 bits per heavy atom. The number of thiophene rings is 1. The van der Waals surface area contributed by atoms with Gasteiger partial charge in [0.1, 0.15) is 47.1 Å². The van der Waals surface area contributed by atoms with Crippen molar-refractivity contribution in [2.24, 2.45) is 0 Å². The van der Waals surface area contributed by atoms with E-state index in [1.807, 2.05) is 7.05 Å². The first-order valence-corrected chi connectivity index (χ1v) is 17.2. The van der Waals surface area contributed by atoms with Crippen LogP contribution in [0, 0.1) is 23.0 Å². The van der Waals surface area contributed by atoms with Crippen LogP contribution >= 0.6 is 22.9 Å². The van der Waals surface area contributed by atoms with Crippen molar-refractivity contribution in [1.82, 2.24) is 20.2 Å². The van der Waals surface area contributed by atoms with Gasteiger partial charge >= 0.3 is 6.01 Å². The zero-order valence-electron chi connectivity index (χ0n) is 25.7. The van der Waals surface area contributed by atoms with E-state index in [9.17, 15) is 9.65 Å². The monoisotopic (exact) mass is 683 g/mol. The maximum atomic E-state index is 17.2. The Morgan fingerprint density at radius 3 is 2.94 bits per heavy atom. The Balaban J connectivity index is 1.37. The molecule has 8 rings (SSSR count). The Bertz CT molecular complexity index is 1970. The molecule has 47 heavy (non-hydrogen) atoms. The molecule has 2 saturated heterocycles. The van der Waals surface area contributed by atoms with Gasteiger partial charge in [-0.3, -0.25) is 4.90 Å². The molecule has 2 aromatic heterocycles. The second-order valence-corrected chi connectivity index (χ2v) is 14.4. The molecule has 4 aromatic rings. The van der Waals surface area contributed by atoms with Gasteiger partial charge in [-0.05, 0) is 50.9 Å². The zero-order chi connectivity index (χ0) is 32.6. The summed E-state index contributed by atoms with van der Waals surface area (Å²) in [5, 5.41) is 13.8. The zero-order valence-corrected chi connectivity index (χ0v) is 27.3. The lowest BCUT2D eigenvalue weighted by molar-refractivity contribution is 0.107. The van der Waals surface area contributed by atoms with Crippen molar-refractivity contribution in [3.05, 3.63) is 34.4 Å². The van der Waals surface area contributed by atoms with Crippen molar-refractivity contribution in [1.29, 1.82) is 5.26 Å². The van der Waals surface area contributed by atoms with E-state index >= 15 is 8.78 Å². The second kappa shape index (κ2) is 11.5. The minimum absolute atomic E-state index is 0.0190. The summed E-state index contributed by atoms with van der Waals surface area (Å²) < 4.78 is 59.8. The van der Waals surface area contributed by atoms with Gasteiger partial charge < -0.3 is 25.4 Å². The fourth-order valence-corrected chi connectivity index (χ4v) is 9.45. The molecular weight excluding hydrogens is 651 g/mol. The van der Waals surface area contributed by atoms with Crippen LogP contribution in [0.1, 0.15) is 44.1 Å². The average Bonchev–Trinajstić information content (AvgIpc) is 3.81. The summed E-state index contributed by atoms with van der Waals surface area (Å²) in [6.45, 7) is 2.57. The quantitative estimate of drug-likeness (QED) is 0.235. The summed E-state index contributed by atoms with van der Waals surface area (Å²) in [6.07, 6.45) is 3.31. The fraction of sp³-hybridized carbons (Fsp3) is 0.485. The minimum Gasteiger partial charge on any atom is -0.488 e. The van der Waals surface area contributed by atoms with E-state index in [2.05, 4.69) is 26.2 Å². The van der Waals surface area contributed by atoms with Crippen LogP contribution in [0.15, 0.2) is 12.1 Å². The van der Waals surface area contributed by atoms with Gasteiger partial charge in [-0.1, -0.05) is 17.7 Å². The normalized spacial score (nSPS) is 25.2. The van der Waals surface area contributed by atoms with Crippen LogP contribution in [-0.4, -0.2) is 78.6 Å². The summed E-state index contributed by atoms with van der Waals surface area (Å²) in [6, 6.07) is 4.73. The molecule has 2 unspecified atom stereocenters. The van der Waals surface area contributed by atoms with Crippen LogP contribution in [0.3, 0.4) is 0 Å². The third-order valence-electron chi connectivity index (χ3n) is 10.3. The molecule has 4 aliphatic rings. The molecular formula is C33H33ClF3N7O2S. The maximum absolute atomic E-state index is 17.2. The number of hydrogen-bond donors (Lipinski definition) is 2. The van der Waals surface area contributed by atoms with Gasteiger partial charge in [0.05, 0.1) is 26.2 Å². The number of ether oxygens (including phenoxy) is 2. The number of fused-ring (bicyclic) bond motifs is 4. The highest BCUT2D eigenvalue weighted by atomic mass is 35.5. The molecule has 1 aliphatic carbocycles. The molecule has 14 heteroatoms. The van der Waals surface area contributed by atoms with Gasteiger partial charge in [-0.15, -0.1) is 11.3 Å². The Hall–Kier alpha value is -3.57. The van der Waals surface area contributed by atoms with Crippen molar-refractivity contribution >= 4 is 54.7 Å². The molecule has 2 bridgehead atoms. The number of anilines is 2. The SMILES string of the molecule is CNCCN1c2nc(OC[C@@]34CCCN3C[C@H](F)C4)nc3c(F)c(-c4ccc(F)c5sc(N)c(C#N)c45)c(Cl)c(c23)OC2CCC1C2. The van der Waals surface area contributed by atoms with Crippen molar-refractivity contribution in [3.63, 3.8) is 0 Å². The number of hydrogen-bond acceptors (Lipinski definition) is 10. The molecule has 3 N–H and O–H groups in total. The molecule has 0 amide bonds. The number of benzene rings is 2. The van der Waals surface area contributed by atoms with E-state index in [0.29, 0.717) is 43.7 Å². The minimum atomic E-state index is -0.934. The van der Waals surface area contributed by atoms with Crippen LogP contribution < -0.4 is 25.4 Å². The number of halogens is 4. The van der Waals surface area contributed by atoms with E-state index in [4.69, 9.17) is 31.8 Å². The Kier molecular flexibility index (Phi) is 7.55. The molecule has 5 heterocycles. The number of alkyl halides is 1. The molecule has 4 atom stereocenters. The van der Waals surface area contributed by atoms with E-state index < -0.39 is 23.3 Å². The van der Waals surface area contributed by atoms with Gasteiger partial charge in [-0.2, -0.15) is 15.2 Å². The summed E-state index contributed by atoms with van der Waals surface area (Å²) in [4.78, 5) is 13.8. The number of nitriles is 1. The number of aromatic nitrogens is 2.